The number of piperazine rings is 1. The first-order valence-corrected chi connectivity index (χ1v) is 9.46. The predicted octanol–water partition coefficient (Wildman–Crippen LogP) is 2.00. The molecule has 27 heavy (non-hydrogen) atoms. The topological polar surface area (TPSA) is 74.5 Å². The molecule has 1 fully saturated rings. The van der Waals surface area contributed by atoms with Crippen LogP contribution in [0.1, 0.15) is 15.9 Å². The standard InChI is InChI=1S/C18H16FN3O4S/c1-20-2-4-21(5-3-20)14-12(19)9-8-26-16(14)13-10(9)15(23)11(18(24)25)17-22(13)6-7-27-17/h6-7H,2-5,8H2,1H3,(H,24,25). The van der Waals surface area contributed by atoms with Crippen molar-refractivity contribution in [2.45, 2.75) is 6.61 Å². The number of pyridine rings is 1. The van der Waals surface area contributed by atoms with E-state index in [-0.39, 0.29) is 23.1 Å². The summed E-state index contributed by atoms with van der Waals surface area (Å²) in [6, 6.07) is 0. The number of anilines is 1. The fourth-order valence-electron chi connectivity index (χ4n) is 3.97. The van der Waals surface area contributed by atoms with Crippen molar-refractivity contribution in [2.24, 2.45) is 0 Å². The van der Waals surface area contributed by atoms with Gasteiger partial charge in [0.25, 0.3) is 0 Å². The normalized spacial score (nSPS) is 17.0. The Bertz CT molecular complexity index is 1180. The van der Waals surface area contributed by atoms with Crippen molar-refractivity contribution < 1.29 is 19.0 Å². The SMILES string of the molecule is CN1CCN(c2c(F)c3c4c(=O)c(C(=O)O)c5sccn5c4c2OC3)CC1. The van der Waals surface area contributed by atoms with E-state index in [2.05, 4.69) is 4.90 Å². The van der Waals surface area contributed by atoms with Gasteiger partial charge in [0.2, 0.25) is 5.43 Å². The molecule has 2 aromatic heterocycles. The number of hydrogen-bond acceptors (Lipinski definition) is 6. The first-order valence-electron chi connectivity index (χ1n) is 8.58. The second kappa shape index (κ2) is 5.67. The van der Waals surface area contributed by atoms with Crippen molar-refractivity contribution in [3.63, 3.8) is 0 Å². The van der Waals surface area contributed by atoms with Crippen LogP contribution in [0.25, 0.3) is 15.7 Å². The van der Waals surface area contributed by atoms with Crippen molar-refractivity contribution in [3.8, 4) is 5.75 Å². The Morgan fingerprint density at radius 2 is 2.04 bits per heavy atom. The zero-order valence-electron chi connectivity index (χ0n) is 14.5. The fourth-order valence-corrected chi connectivity index (χ4v) is 4.85. The highest BCUT2D eigenvalue weighted by atomic mass is 32.1. The molecule has 5 heterocycles. The number of nitrogens with zero attached hydrogens (tertiary/aromatic N) is 3. The lowest BCUT2D eigenvalue weighted by molar-refractivity contribution is 0.0697. The number of aromatic carboxylic acids is 1. The molecule has 3 aliphatic rings. The summed E-state index contributed by atoms with van der Waals surface area (Å²) in [5.41, 5.74) is 0.000793. The van der Waals surface area contributed by atoms with Gasteiger partial charge < -0.3 is 24.0 Å². The van der Waals surface area contributed by atoms with E-state index >= 15 is 4.39 Å². The molecule has 1 saturated heterocycles. The lowest BCUT2D eigenvalue weighted by Gasteiger charge is -2.37. The molecule has 9 heteroatoms. The van der Waals surface area contributed by atoms with Gasteiger partial charge in [0, 0.05) is 43.3 Å². The van der Waals surface area contributed by atoms with Gasteiger partial charge in [-0.25, -0.2) is 9.18 Å². The van der Waals surface area contributed by atoms with Crippen molar-refractivity contribution in [1.29, 1.82) is 0 Å². The van der Waals surface area contributed by atoms with Crippen molar-refractivity contribution in [1.82, 2.24) is 9.30 Å². The summed E-state index contributed by atoms with van der Waals surface area (Å²) in [5.74, 6) is -1.46. The molecular weight excluding hydrogens is 373 g/mol. The van der Waals surface area contributed by atoms with Gasteiger partial charge in [-0.05, 0) is 7.05 Å². The molecule has 140 valence electrons. The number of ether oxygens (including phenoxy) is 1. The summed E-state index contributed by atoms with van der Waals surface area (Å²) in [6.07, 6.45) is 1.70. The van der Waals surface area contributed by atoms with Crippen LogP contribution in [-0.2, 0) is 6.61 Å². The highest BCUT2D eigenvalue weighted by Gasteiger charge is 2.35. The van der Waals surface area contributed by atoms with Crippen molar-refractivity contribution >= 4 is 38.7 Å². The van der Waals surface area contributed by atoms with Crippen LogP contribution < -0.4 is 15.1 Å². The van der Waals surface area contributed by atoms with Crippen LogP contribution in [0.3, 0.4) is 0 Å². The number of halogens is 1. The average Bonchev–Trinajstić information content (AvgIpc) is 3.12. The Balaban J connectivity index is 1.89. The number of likely N-dealkylation sites (N-methyl/N-ethyl adjacent to an activating group) is 1. The Hall–Kier alpha value is -2.65. The molecular formula is C18H16FN3O4S. The van der Waals surface area contributed by atoms with Crippen LogP contribution in [0, 0.1) is 5.82 Å². The minimum Gasteiger partial charge on any atom is -0.484 e. The molecule has 1 aromatic carbocycles. The number of hydrogen-bond donors (Lipinski definition) is 1. The molecule has 2 bridgehead atoms. The zero-order chi connectivity index (χ0) is 18.9. The minimum atomic E-state index is -1.31. The fraction of sp³-hybridized carbons (Fsp3) is 0.333. The number of carbonyl (C=O) groups is 1. The van der Waals surface area contributed by atoms with Gasteiger partial charge in [-0.1, -0.05) is 0 Å². The third kappa shape index (κ3) is 2.15. The van der Waals surface area contributed by atoms with Crippen LogP contribution in [0.4, 0.5) is 10.1 Å². The number of fused-ring (bicyclic) bond motifs is 3. The summed E-state index contributed by atoms with van der Waals surface area (Å²) in [5, 5.41) is 11.4. The number of aromatic nitrogens is 1. The van der Waals surface area contributed by atoms with E-state index in [1.807, 2.05) is 11.9 Å². The highest BCUT2D eigenvalue weighted by Crippen LogP contribution is 2.46. The smallest absolute Gasteiger partial charge is 0.342 e. The van der Waals surface area contributed by atoms with Gasteiger partial charge in [0.1, 0.15) is 28.2 Å². The van der Waals surface area contributed by atoms with Crippen LogP contribution in [0.15, 0.2) is 16.4 Å². The zero-order valence-corrected chi connectivity index (χ0v) is 15.3. The Labute approximate surface area is 156 Å². The van der Waals surface area contributed by atoms with E-state index in [0.717, 1.165) is 13.1 Å². The van der Waals surface area contributed by atoms with Gasteiger partial charge >= 0.3 is 5.97 Å². The van der Waals surface area contributed by atoms with Crippen LogP contribution in [-0.4, -0.2) is 53.6 Å². The Morgan fingerprint density at radius 1 is 1.30 bits per heavy atom. The molecule has 0 amide bonds. The lowest BCUT2D eigenvalue weighted by atomic mass is 9.99. The molecule has 6 rings (SSSR count). The largest absolute Gasteiger partial charge is 0.484 e. The maximum atomic E-state index is 15.3. The third-order valence-corrected chi connectivity index (χ3v) is 6.23. The maximum absolute atomic E-state index is 15.3. The van der Waals surface area contributed by atoms with Crippen LogP contribution in [0.5, 0.6) is 5.75 Å². The summed E-state index contributed by atoms with van der Waals surface area (Å²) < 4.78 is 22.8. The molecule has 0 spiro atoms. The van der Waals surface area contributed by atoms with Crippen molar-refractivity contribution in [3.05, 3.63) is 38.7 Å². The maximum Gasteiger partial charge on any atom is 0.342 e. The molecule has 0 aliphatic carbocycles. The Morgan fingerprint density at radius 3 is 2.74 bits per heavy atom. The van der Waals surface area contributed by atoms with Gasteiger partial charge in [0.15, 0.2) is 11.6 Å². The first-order chi connectivity index (χ1) is 13.0. The van der Waals surface area contributed by atoms with E-state index < -0.39 is 17.2 Å². The van der Waals surface area contributed by atoms with Crippen molar-refractivity contribution in [2.75, 3.05) is 38.1 Å². The number of carboxylic acid groups (broad SMARTS) is 1. The molecule has 0 unspecified atom stereocenters. The molecule has 3 aliphatic heterocycles. The predicted molar refractivity (Wildman–Crippen MR) is 100 cm³/mol. The summed E-state index contributed by atoms with van der Waals surface area (Å²) >= 11 is 1.17. The summed E-state index contributed by atoms with van der Waals surface area (Å²) in [7, 11) is 2.02. The molecule has 1 N–H and O–H groups in total. The highest BCUT2D eigenvalue weighted by molar-refractivity contribution is 7.16. The third-order valence-electron chi connectivity index (χ3n) is 5.35. The number of rotatable bonds is 2. The molecule has 0 atom stereocenters. The second-order valence-corrected chi connectivity index (χ2v) is 7.75. The molecule has 3 aromatic rings. The van der Waals surface area contributed by atoms with E-state index in [1.54, 1.807) is 16.0 Å². The lowest BCUT2D eigenvalue weighted by Crippen LogP contribution is -2.45. The van der Waals surface area contributed by atoms with Crippen LogP contribution in [0.2, 0.25) is 0 Å². The van der Waals surface area contributed by atoms with E-state index in [0.29, 0.717) is 34.9 Å². The average molecular weight is 389 g/mol. The minimum absolute atomic E-state index is 0.0596. The molecule has 0 radical (unpaired) electrons. The molecule has 0 saturated carbocycles. The van der Waals surface area contributed by atoms with E-state index in [1.165, 1.54) is 11.3 Å². The van der Waals surface area contributed by atoms with Crippen LogP contribution >= 0.6 is 11.3 Å². The summed E-state index contributed by atoms with van der Waals surface area (Å²) in [6.45, 7) is 2.86. The summed E-state index contributed by atoms with van der Waals surface area (Å²) in [4.78, 5) is 29.1. The van der Waals surface area contributed by atoms with Gasteiger partial charge in [-0.3, -0.25) is 4.79 Å². The van der Waals surface area contributed by atoms with E-state index in [9.17, 15) is 14.7 Å². The quantitative estimate of drug-likeness (QED) is 0.723. The van der Waals surface area contributed by atoms with Gasteiger partial charge in [0.05, 0.1) is 5.39 Å². The monoisotopic (exact) mass is 389 g/mol. The number of thiazole rings is 1. The molecule has 7 nitrogen and oxygen atoms in total. The number of carboxylic acids is 1. The first kappa shape index (κ1) is 16.5. The Kier molecular flexibility index (Phi) is 3.47. The second-order valence-electron chi connectivity index (χ2n) is 6.86. The van der Waals surface area contributed by atoms with Gasteiger partial charge in [-0.15, -0.1) is 11.3 Å². The van der Waals surface area contributed by atoms with Gasteiger partial charge in [-0.2, -0.15) is 0 Å². The number of benzene rings is 1. The van der Waals surface area contributed by atoms with E-state index in [4.69, 9.17) is 4.74 Å².